The summed E-state index contributed by atoms with van der Waals surface area (Å²) in [5.74, 6) is -0.00160. The van der Waals surface area contributed by atoms with Crippen molar-refractivity contribution < 1.29 is 14.3 Å². The molecule has 1 aromatic carbocycles. The third kappa shape index (κ3) is 4.71. The first-order valence-corrected chi connectivity index (χ1v) is 9.72. The first-order valence-electron chi connectivity index (χ1n) is 8.74. The van der Waals surface area contributed by atoms with Gasteiger partial charge in [0.1, 0.15) is 0 Å². The molecule has 3 rings (SSSR count). The first kappa shape index (κ1) is 19.0. The number of benzene rings is 1. The van der Waals surface area contributed by atoms with Crippen molar-refractivity contribution in [1.82, 2.24) is 20.2 Å². The minimum Gasteiger partial charge on any atom is -0.463 e. The molecule has 8 heteroatoms. The second kappa shape index (κ2) is 8.77. The molecular formula is C19H22N4O3S. The summed E-state index contributed by atoms with van der Waals surface area (Å²) >= 11 is 1.47. The molecule has 0 fully saturated rings. The lowest BCUT2D eigenvalue weighted by atomic mass is 10.1. The molecule has 2 N–H and O–H groups in total. The van der Waals surface area contributed by atoms with Crippen LogP contribution in [-0.2, 0) is 16.1 Å². The predicted octanol–water partition coefficient (Wildman–Crippen LogP) is 2.54. The lowest BCUT2D eigenvalue weighted by Gasteiger charge is -2.26. The van der Waals surface area contributed by atoms with Crippen LogP contribution in [-0.4, -0.2) is 40.0 Å². The molecule has 2 heterocycles. The summed E-state index contributed by atoms with van der Waals surface area (Å²) in [6, 6.07) is 9.38. The number of amides is 2. The molecule has 1 aromatic heterocycles. The topological polar surface area (TPSA) is 85.2 Å². The molecule has 0 bridgehead atoms. The van der Waals surface area contributed by atoms with E-state index in [-0.39, 0.29) is 12.6 Å². The van der Waals surface area contributed by atoms with Gasteiger partial charge in [0.2, 0.25) is 0 Å². The molecule has 2 aromatic rings. The molecule has 0 saturated heterocycles. The number of imidazole rings is 1. The molecule has 0 unspecified atom stereocenters. The summed E-state index contributed by atoms with van der Waals surface area (Å²) in [5.41, 5.74) is 2.18. The quantitative estimate of drug-likeness (QED) is 0.564. The predicted molar refractivity (Wildman–Crippen MR) is 103 cm³/mol. The van der Waals surface area contributed by atoms with Crippen LogP contribution in [0.3, 0.4) is 0 Å². The van der Waals surface area contributed by atoms with Crippen molar-refractivity contribution in [1.29, 1.82) is 0 Å². The van der Waals surface area contributed by atoms with Crippen LogP contribution in [0.5, 0.6) is 0 Å². The Hall–Kier alpha value is -2.74. The van der Waals surface area contributed by atoms with Crippen molar-refractivity contribution in [3.05, 3.63) is 59.6 Å². The van der Waals surface area contributed by atoms with Crippen LogP contribution < -0.4 is 10.6 Å². The molecule has 0 aliphatic carbocycles. The SMILES string of the molecule is CCOC(=O)C1=C(CSc2nccn2Cc2ccccc2)NC(=O)N[C@H]1C. The van der Waals surface area contributed by atoms with Crippen LogP contribution in [0.25, 0.3) is 0 Å². The number of hydrogen-bond acceptors (Lipinski definition) is 5. The summed E-state index contributed by atoms with van der Waals surface area (Å²) in [4.78, 5) is 28.5. The maximum Gasteiger partial charge on any atom is 0.337 e. The number of aromatic nitrogens is 2. The van der Waals surface area contributed by atoms with Crippen molar-refractivity contribution in [2.75, 3.05) is 12.4 Å². The molecule has 0 spiro atoms. The number of thioether (sulfide) groups is 1. The molecule has 7 nitrogen and oxygen atoms in total. The Kier molecular flexibility index (Phi) is 6.18. The number of ether oxygens (including phenoxy) is 1. The third-order valence-electron chi connectivity index (χ3n) is 4.08. The van der Waals surface area contributed by atoms with Gasteiger partial charge in [0.15, 0.2) is 5.16 Å². The molecule has 0 saturated carbocycles. The van der Waals surface area contributed by atoms with E-state index in [4.69, 9.17) is 4.74 Å². The third-order valence-corrected chi connectivity index (χ3v) is 5.12. The van der Waals surface area contributed by atoms with E-state index in [1.165, 1.54) is 17.3 Å². The highest BCUT2D eigenvalue weighted by Crippen LogP contribution is 2.23. The number of carbonyl (C=O) groups is 2. The Morgan fingerprint density at radius 2 is 2.11 bits per heavy atom. The van der Waals surface area contributed by atoms with Gasteiger partial charge in [-0.1, -0.05) is 42.1 Å². The van der Waals surface area contributed by atoms with Crippen LogP contribution in [0.15, 0.2) is 59.2 Å². The normalized spacial score (nSPS) is 16.7. The smallest absolute Gasteiger partial charge is 0.337 e. The average Bonchev–Trinajstić information content (AvgIpc) is 3.07. The number of urea groups is 1. The molecule has 142 valence electrons. The van der Waals surface area contributed by atoms with Gasteiger partial charge in [0.25, 0.3) is 0 Å². The molecule has 1 aliphatic rings. The van der Waals surface area contributed by atoms with E-state index < -0.39 is 12.0 Å². The number of rotatable bonds is 7. The van der Waals surface area contributed by atoms with E-state index in [0.29, 0.717) is 23.6 Å². The molecule has 2 amide bonds. The Bertz CT molecular complexity index is 848. The van der Waals surface area contributed by atoms with Gasteiger partial charge < -0.3 is 19.9 Å². The van der Waals surface area contributed by atoms with Gasteiger partial charge in [0.05, 0.1) is 18.2 Å². The Labute approximate surface area is 162 Å². The van der Waals surface area contributed by atoms with Gasteiger partial charge in [-0.2, -0.15) is 0 Å². The fourth-order valence-electron chi connectivity index (χ4n) is 2.87. The number of carbonyl (C=O) groups excluding carboxylic acids is 2. The Morgan fingerprint density at radius 1 is 1.33 bits per heavy atom. The highest BCUT2D eigenvalue weighted by Gasteiger charge is 2.29. The van der Waals surface area contributed by atoms with Crippen molar-refractivity contribution in [3.63, 3.8) is 0 Å². The maximum absolute atomic E-state index is 12.3. The number of esters is 1. The fraction of sp³-hybridized carbons (Fsp3) is 0.316. The lowest BCUT2D eigenvalue weighted by molar-refractivity contribution is -0.138. The zero-order chi connectivity index (χ0) is 19.2. The zero-order valence-electron chi connectivity index (χ0n) is 15.3. The summed E-state index contributed by atoms with van der Waals surface area (Å²) in [6.45, 7) is 4.51. The second-order valence-electron chi connectivity index (χ2n) is 6.04. The van der Waals surface area contributed by atoms with Crippen molar-refractivity contribution >= 4 is 23.8 Å². The van der Waals surface area contributed by atoms with Crippen LogP contribution in [0, 0.1) is 0 Å². The first-order chi connectivity index (χ1) is 13.1. The maximum atomic E-state index is 12.3. The lowest BCUT2D eigenvalue weighted by Crippen LogP contribution is -2.49. The Morgan fingerprint density at radius 3 is 2.85 bits per heavy atom. The van der Waals surface area contributed by atoms with Crippen molar-refractivity contribution in [2.24, 2.45) is 0 Å². The summed E-state index contributed by atoms with van der Waals surface area (Å²) in [6.07, 6.45) is 3.66. The molecular weight excluding hydrogens is 364 g/mol. The standard InChI is InChI=1S/C19H22N4O3S/c1-3-26-17(24)16-13(2)21-18(25)22-15(16)12-27-19-20-9-10-23(19)11-14-7-5-4-6-8-14/h4-10,13H,3,11-12H2,1-2H3,(H2,21,22,25)/t13-/m0/s1. The van der Waals surface area contributed by atoms with Crippen molar-refractivity contribution in [3.8, 4) is 0 Å². The van der Waals surface area contributed by atoms with Crippen LogP contribution in [0.4, 0.5) is 4.79 Å². The summed E-state index contributed by atoms with van der Waals surface area (Å²) in [7, 11) is 0. The molecule has 27 heavy (non-hydrogen) atoms. The average molecular weight is 386 g/mol. The van der Waals surface area contributed by atoms with Gasteiger partial charge in [0, 0.05) is 30.4 Å². The van der Waals surface area contributed by atoms with E-state index in [1.54, 1.807) is 20.0 Å². The van der Waals surface area contributed by atoms with Gasteiger partial charge in [-0.05, 0) is 19.4 Å². The largest absolute Gasteiger partial charge is 0.463 e. The second-order valence-corrected chi connectivity index (χ2v) is 6.99. The van der Waals surface area contributed by atoms with Gasteiger partial charge in [-0.15, -0.1) is 0 Å². The fourth-order valence-corrected chi connectivity index (χ4v) is 3.79. The minimum absolute atomic E-state index is 0.283. The van der Waals surface area contributed by atoms with E-state index in [2.05, 4.69) is 27.8 Å². The molecule has 1 atom stereocenters. The zero-order valence-corrected chi connectivity index (χ0v) is 16.1. The van der Waals surface area contributed by atoms with Crippen molar-refractivity contribution in [2.45, 2.75) is 31.6 Å². The van der Waals surface area contributed by atoms with Crippen LogP contribution in [0.2, 0.25) is 0 Å². The van der Waals surface area contributed by atoms with Gasteiger partial charge >= 0.3 is 12.0 Å². The minimum atomic E-state index is -0.416. The Balaban J connectivity index is 1.76. The number of nitrogens with one attached hydrogen (secondary N) is 2. The van der Waals surface area contributed by atoms with Gasteiger partial charge in [-0.25, -0.2) is 14.6 Å². The van der Waals surface area contributed by atoms with Crippen LogP contribution in [0.1, 0.15) is 19.4 Å². The van der Waals surface area contributed by atoms with E-state index in [9.17, 15) is 9.59 Å². The van der Waals surface area contributed by atoms with E-state index >= 15 is 0 Å². The van der Waals surface area contributed by atoms with Gasteiger partial charge in [-0.3, -0.25) is 0 Å². The van der Waals surface area contributed by atoms with Crippen LogP contribution >= 0.6 is 11.8 Å². The summed E-state index contributed by atoms with van der Waals surface area (Å²) < 4.78 is 7.18. The summed E-state index contributed by atoms with van der Waals surface area (Å²) in [5, 5.41) is 6.25. The van der Waals surface area contributed by atoms with E-state index in [0.717, 1.165) is 5.16 Å². The molecule has 0 radical (unpaired) electrons. The highest BCUT2D eigenvalue weighted by molar-refractivity contribution is 7.99. The molecule has 1 aliphatic heterocycles. The number of nitrogens with zero attached hydrogens (tertiary/aromatic N) is 2. The highest BCUT2D eigenvalue weighted by atomic mass is 32.2. The monoisotopic (exact) mass is 386 g/mol. The number of hydrogen-bond donors (Lipinski definition) is 2. The van der Waals surface area contributed by atoms with E-state index in [1.807, 2.05) is 29.0 Å².